The average Bonchev–Trinajstić information content (AvgIpc) is 2.73. The Hall–Kier alpha value is -2.95. The minimum Gasteiger partial charge on any atom is -0.488 e. The zero-order valence-corrected chi connectivity index (χ0v) is 18.3. The first-order valence-corrected chi connectivity index (χ1v) is 10.2. The first-order valence-electron chi connectivity index (χ1n) is 8.57. The second kappa shape index (κ2) is 10.0. The Kier molecular flexibility index (Phi) is 7.17. The van der Waals surface area contributed by atoms with Crippen molar-refractivity contribution in [3.63, 3.8) is 0 Å². The van der Waals surface area contributed by atoms with Crippen LogP contribution in [0.1, 0.15) is 27.0 Å². The summed E-state index contributed by atoms with van der Waals surface area (Å²) in [5.41, 5.74) is 5.21. The summed E-state index contributed by atoms with van der Waals surface area (Å²) < 4.78 is 7.26. The molecule has 0 aliphatic carbocycles. The minimum absolute atomic E-state index is 0.289. The fourth-order valence-electron chi connectivity index (χ4n) is 2.50. The van der Waals surface area contributed by atoms with Gasteiger partial charge < -0.3 is 4.74 Å². The molecule has 0 aromatic heterocycles. The van der Waals surface area contributed by atoms with E-state index in [0.29, 0.717) is 21.3 Å². The molecule has 0 aliphatic rings. The fraction of sp³-hybridized carbons (Fsp3) is 0.0455. The Labute approximate surface area is 185 Å². The van der Waals surface area contributed by atoms with Crippen LogP contribution in [0, 0.1) is 11.3 Å². The summed E-state index contributed by atoms with van der Waals surface area (Å²) in [6, 6.07) is 22.1. The van der Waals surface area contributed by atoms with Crippen molar-refractivity contribution in [2.45, 2.75) is 6.61 Å². The standard InChI is InChI=1S/C22H15Br2N3O2/c23-19-8-4-3-7-18(19)22(28)27-26-13-15-9-10-21(20(24)11-15)29-14-17-6-2-1-5-16(17)12-25/h1-11,13H,14H2,(H,27,28)/b26-13-. The van der Waals surface area contributed by atoms with Crippen molar-refractivity contribution < 1.29 is 9.53 Å². The summed E-state index contributed by atoms with van der Waals surface area (Å²) >= 11 is 6.82. The van der Waals surface area contributed by atoms with E-state index in [1.807, 2.05) is 36.4 Å². The van der Waals surface area contributed by atoms with Gasteiger partial charge in [0.1, 0.15) is 12.4 Å². The van der Waals surface area contributed by atoms with E-state index in [1.54, 1.807) is 36.5 Å². The Morgan fingerprint density at radius 1 is 1.07 bits per heavy atom. The SMILES string of the molecule is N#Cc1ccccc1COc1ccc(/C=N\NC(=O)c2ccccc2Br)cc1Br. The number of carbonyl (C=O) groups excluding carboxylic acids is 1. The van der Waals surface area contributed by atoms with E-state index >= 15 is 0 Å². The van der Waals surface area contributed by atoms with Gasteiger partial charge in [-0.05, 0) is 73.8 Å². The molecule has 0 aliphatic heterocycles. The van der Waals surface area contributed by atoms with Crippen molar-refractivity contribution >= 4 is 44.0 Å². The van der Waals surface area contributed by atoms with Gasteiger partial charge in [0, 0.05) is 10.0 Å². The third-order valence-electron chi connectivity index (χ3n) is 3.98. The van der Waals surface area contributed by atoms with E-state index in [1.165, 1.54) is 0 Å². The summed E-state index contributed by atoms with van der Waals surface area (Å²) in [5, 5.41) is 13.2. The van der Waals surface area contributed by atoms with Crippen LogP contribution >= 0.6 is 31.9 Å². The van der Waals surface area contributed by atoms with E-state index in [2.05, 4.69) is 48.5 Å². The van der Waals surface area contributed by atoms with Crippen LogP contribution in [0.5, 0.6) is 5.75 Å². The quantitative estimate of drug-likeness (QED) is 0.353. The highest BCUT2D eigenvalue weighted by Crippen LogP contribution is 2.26. The molecule has 0 spiro atoms. The van der Waals surface area contributed by atoms with Gasteiger partial charge in [0.25, 0.3) is 5.91 Å². The largest absolute Gasteiger partial charge is 0.488 e. The van der Waals surface area contributed by atoms with Gasteiger partial charge in [0.2, 0.25) is 0 Å². The lowest BCUT2D eigenvalue weighted by atomic mass is 10.1. The molecule has 144 valence electrons. The molecule has 0 radical (unpaired) electrons. The second-order valence-electron chi connectivity index (χ2n) is 5.93. The van der Waals surface area contributed by atoms with Crippen molar-refractivity contribution in [1.82, 2.24) is 5.43 Å². The minimum atomic E-state index is -0.302. The summed E-state index contributed by atoms with van der Waals surface area (Å²) in [6.45, 7) is 0.289. The second-order valence-corrected chi connectivity index (χ2v) is 7.64. The van der Waals surface area contributed by atoms with Crippen molar-refractivity contribution in [2.75, 3.05) is 0 Å². The number of nitrogens with zero attached hydrogens (tertiary/aromatic N) is 2. The van der Waals surface area contributed by atoms with Crippen LogP contribution in [0.25, 0.3) is 0 Å². The van der Waals surface area contributed by atoms with Gasteiger partial charge in [-0.1, -0.05) is 30.3 Å². The predicted molar refractivity (Wildman–Crippen MR) is 119 cm³/mol. The van der Waals surface area contributed by atoms with Gasteiger partial charge in [0.15, 0.2) is 0 Å². The number of hydrogen-bond acceptors (Lipinski definition) is 4. The summed E-state index contributed by atoms with van der Waals surface area (Å²) in [5.74, 6) is 0.344. The highest BCUT2D eigenvalue weighted by atomic mass is 79.9. The number of hydrazone groups is 1. The molecule has 7 heteroatoms. The lowest BCUT2D eigenvalue weighted by molar-refractivity contribution is 0.0954. The van der Waals surface area contributed by atoms with Crippen molar-refractivity contribution in [2.24, 2.45) is 5.10 Å². The van der Waals surface area contributed by atoms with Crippen LogP contribution in [-0.2, 0) is 6.61 Å². The van der Waals surface area contributed by atoms with Crippen LogP contribution in [0.15, 0.2) is 80.8 Å². The lowest BCUT2D eigenvalue weighted by Crippen LogP contribution is -2.18. The van der Waals surface area contributed by atoms with Crippen molar-refractivity contribution in [3.05, 3.63) is 97.9 Å². The molecule has 29 heavy (non-hydrogen) atoms. The molecular formula is C22H15Br2N3O2. The van der Waals surface area contributed by atoms with E-state index in [0.717, 1.165) is 15.6 Å². The van der Waals surface area contributed by atoms with Crippen LogP contribution in [0.4, 0.5) is 0 Å². The first kappa shape index (κ1) is 20.8. The molecular weight excluding hydrogens is 498 g/mol. The number of nitrogens with one attached hydrogen (secondary N) is 1. The average molecular weight is 513 g/mol. The van der Waals surface area contributed by atoms with Crippen molar-refractivity contribution in [3.8, 4) is 11.8 Å². The smallest absolute Gasteiger partial charge is 0.272 e. The molecule has 3 rings (SSSR count). The molecule has 0 atom stereocenters. The third-order valence-corrected chi connectivity index (χ3v) is 5.29. The zero-order chi connectivity index (χ0) is 20.6. The lowest BCUT2D eigenvalue weighted by Gasteiger charge is -2.10. The van der Waals surface area contributed by atoms with Gasteiger partial charge >= 0.3 is 0 Å². The van der Waals surface area contributed by atoms with E-state index < -0.39 is 0 Å². The van der Waals surface area contributed by atoms with Gasteiger partial charge in [-0.25, -0.2) is 5.43 Å². The number of benzene rings is 3. The highest BCUT2D eigenvalue weighted by Gasteiger charge is 2.08. The normalized spacial score (nSPS) is 10.5. The van der Waals surface area contributed by atoms with Crippen LogP contribution in [0.3, 0.4) is 0 Å². The van der Waals surface area contributed by atoms with E-state index in [-0.39, 0.29) is 12.5 Å². The van der Waals surface area contributed by atoms with Crippen molar-refractivity contribution in [1.29, 1.82) is 5.26 Å². The zero-order valence-electron chi connectivity index (χ0n) is 15.1. The number of amides is 1. The molecule has 0 saturated carbocycles. The number of carbonyl (C=O) groups is 1. The van der Waals surface area contributed by atoms with Crippen LogP contribution < -0.4 is 10.2 Å². The molecule has 0 saturated heterocycles. The molecule has 0 bridgehead atoms. The van der Waals surface area contributed by atoms with Crippen LogP contribution in [0.2, 0.25) is 0 Å². The first-order chi connectivity index (χ1) is 14.1. The Bertz CT molecular complexity index is 1110. The number of rotatable bonds is 6. The van der Waals surface area contributed by atoms with Crippen LogP contribution in [-0.4, -0.2) is 12.1 Å². The number of ether oxygens (including phenoxy) is 1. The molecule has 3 aromatic rings. The summed E-state index contributed by atoms with van der Waals surface area (Å²) in [4.78, 5) is 12.1. The van der Waals surface area contributed by atoms with E-state index in [9.17, 15) is 4.79 Å². The number of hydrogen-bond donors (Lipinski definition) is 1. The highest BCUT2D eigenvalue weighted by molar-refractivity contribution is 9.10. The maximum Gasteiger partial charge on any atom is 0.272 e. The Morgan fingerprint density at radius 3 is 2.59 bits per heavy atom. The molecule has 5 nitrogen and oxygen atoms in total. The monoisotopic (exact) mass is 511 g/mol. The maximum absolute atomic E-state index is 12.1. The maximum atomic E-state index is 12.1. The van der Waals surface area contributed by atoms with Gasteiger partial charge in [-0.15, -0.1) is 0 Å². The van der Waals surface area contributed by atoms with Gasteiger partial charge in [-0.3, -0.25) is 4.79 Å². The predicted octanol–water partition coefficient (Wildman–Crippen LogP) is 5.43. The molecule has 0 fully saturated rings. The molecule has 0 heterocycles. The molecule has 3 aromatic carbocycles. The number of halogens is 2. The molecule has 0 unspecified atom stereocenters. The number of nitriles is 1. The topological polar surface area (TPSA) is 74.5 Å². The van der Waals surface area contributed by atoms with Gasteiger partial charge in [0.05, 0.1) is 27.9 Å². The summed E-state index contributed by atoms with van der Waals surface area (Å²) in [7, 11) is 0. The summed E-state index contributed by atoms with van der Waals surface area (Å²) in [6.07, 6.45) is 1.55. The van der Waals surface area contributed by atoms with E-state index in [4.69, 9.17) is 10.00 Å². The Balaban J connectivity index is 1.62. The molecule has 1 N–H and O–H groups in total. The Morgan fingerprint density at radius 2 is 1.83 bits per heavy atom. The fourth-order valence-corrected chi connectivity index (χ4v) is 3.47. The molecule has 1 amide bonds. The third kappa shape index (κ3) is 5.53. The van der Waals surface area contributed by atoms with Gasteiger partial charge in [-0.2, -0.15) is 10.4 Å².